The number of nitrogens with zero attached hydrogens (tertiary/aromatic N) is 4. The number of halogens is 11. The summed E-state index contributed by atoms with van der Waals surface area (Å²) in [5.41, 5.74) is -10.5. The molecule has 3 aromatic rings. The maximum Gasteiger partial charge on any atom is 0.434 e. The molecule has 3 heterocycles. The second kappa shape index (κ2) is 8.31. The number of sulfone groups is 1. The van der Waals surface area contributed by atoms with Crippen molar-refractivity contribution in [2.45, 2.75) is 42.3 Å². The van der Waals surface area contributed by atoms with Crippen molar-refractivity contribution in [1.82, 2.24) is 18.9 Å². The molecule has 6 nitrogen and oxygen atoms in total. The second-order valence-electron chi connectivity index (χ2n) is 7.45. The lowest BCUT2D eigenvalue weighted by Crippen LogP contribution is -2.56. The van der Waals surface area contributed by atoms with E-state index >= 15 is 0 Å². The molecular formula is C18H13F11N4O2S. The zero-order chi connectivity index (χ0) is 27.6. The van der Waals surface area contributed by atoms with Gasteiger partial charge in [-0.15, -0.1) is 0 Å². The maximum atomic E-state index is 14.6. The quantitative estimate of drug-likeness (QED) is 0.394. The van der Waals surface area contributed by atoms with E-state index in [1.807, 2.05) is 0 Å². The Morgan fingerprint density at radius 3 is 2.00 bits per heavy atom. The summed E-state index contributed by atoms with van der Waals surface area (Å²) in [6.07, 6.45) is -22.4. The van der Waals surface area contributed by atoms with Crippen molar-refractivity contribution in [1.29, 1.82) is 0 Å². The molecule has 1 unspecified atom stereocenters. The first-order valence-corrected chi connectivity index (χ1v) is 11.1. The van der Waals surface area contributed by atoms with Gasteiger partial charge in [0.1, 0.15) is 11.3 Å². The van der Waals surface area contributed by atoms with Crippen LogP contribution in [0.5, 0.6) is 0 Å². The highest BCUT2D eigenvalue weighted by Gasteiger charge is 2.77. The Bertz CT molecular complexity index is 1390. The van der Waals surface area contributed by atoms with E-state index in [0.717, 1.165) is 13.0 Å². The normalized spacial score (nSPS) is 15.0. The summed E-state index contributed by atoms with van der Waals surface area (Å²) in [5, 5.41) is -0.945. The topological polar surface area (TPSA) is 69.3 Å². The highest BCUT2D eigenvalue weighted by atomic mass is 32.2. The predicted molar refractivity (Wildman–Crippen MR) is 99.9 cm³/mol. The van der Waals surface area contributed by atoms with Crippen LogP contribution in [0, 0.1) is 0 Å². The molecule has 0 aliphatic rings. The van der Waals surface area contributed by atoms with Crippen LogP contribution in [0.3, 0.4) is 0 Å². The minimum absolute atomic E-state index is 0.110. The van der Waals surface area contributed by atoms with Gasteiger partial charge in [-0.3, -0.25) is 4.40 Å². The molecule has 18 heteroatoms. The first-order valence-electron chi connectivity index (χ1n) is 9.49. The summed E-state index contributed by atoms with van der Waals surface area (Å²) in [5.74, 6) is -1.56. The van der Waals surface area contributed by atoms with E-state index in [1.54, 1.807) is 0 Å². The molecule has 3 aromatic heterocycles. The number of imidazole rings is 2. The van der Waals surface area contributed by atoms with Gasteiger partial charge in [0.15, 0.2) is 26.9 Å². The maximum absolute atomic E-state index is 14.6. The molecule has 0 aromatic carbocycles. The molecule has 0 saturated carbocycles. The van der Waals surface area contributed by atoms with Crippen LogP contribution >= 0.6 is 0 Å². The second-order valence-corrected chi connectivity index (χ2v) is 9.64. The average molecular weight is 558 g/mol. The van der Waals surface area contributed by atoms with Crippen molar-refractivity contribution in [3.8, 4) is 11.5 Å². The number of rotatable bonds is 5. The van der Waals surface area contributed by atoms with Crippen molar-refractivity contribution in [2.24, 2.45) is 7.05 Å². The van der Waals surface area contributed by atoms with Gasteiger partial charge in [0, 0.05) is 13.2 Å². The highest BCUT2D eigenvalue weighted by molar-refractivity contribution is 7.91. The molecule has 0 aliphatic carbocycles. The molecule has 0 N–H and O–H groups in total. The van der Waals surface area contributed by atoms with Crippen LogP contribution in [-0.2, 0) is 23.1 Å². The zero-order valence-electron chi connectivity index (χ0n) is 17.8. The Morgan fingerprint density at radius 2 is 1.53 bits per heavy atom. The Morgan fingerprint density at radius 1 is 0.972 bits per heavy atom. The van der Waals surface area contributed by atoms with Crippen molar-refractivity contribution < 1.29 is 56.7 Å². The molecular weight excluding hydrogens is 545 g/mol. The Hall–Kier alpha value is -2.92. The van der Waals surface area contributed by atoms with E-state index in [0.29, 0.717) is 23.7 Å². The van der Waals surface area contributed by atoms with Gasteiger partial charge in [-0.1, -0.05) is 6.92 Å². The highest BCUT2D eigenvalue weighted by Crippen LogP contribution is 2.54. The standard InChI is InChI=1S/C18H13F11N4O2S/c1-3-36(34,35)14-11(31-10-5-4-8(7-33(10)14)16(21,22)23)13-30-6-9(32(13)2)12(19)15(20,17(24,25)26)18(27,28)29/h4-7,12H,3H2,1-2H3. The van der Waals surface area contributed by atoms with Gasteiger partial charge in [-0.2, -0.15) is 39.5 Å². The van der Waals surface area contributed by atoms with Crippen LogP contribution in [0.15, 0.2) is 29.6 Å². The SMILES string of the molecule is CCS(=O)(=O)c1c(-c2ncc(C(F)C(F)(C(F)(F)F)C(F)(F)F)n2C)nc2ccc(C(F)(F)F)cn12. The lowest BCUT2D eigenvalue weighted by molar-refractivity contribution is -0.359. The fourth-order valence-electron chi connectivity index (χ4n) is 3.30. The van der Waals surface area contributed by atoms with Crippen LogP contribution in [0.1, 0.15) is 24.4 Å². The number of pyridine rings is 1. The molecule has 200 valence electrons. The summed E-state index contributed by atoms with van der Waals surface area (Å²) in [6.45, 7) is 1.09. The fourth-order valence-corrected chi connectivity index (χ4v) is 4.45. The molecule has 0 bridgehead atoms. The van der Waals surface area contributed by atoms with Gasteiger partial charge in [0.2, 0.25) is 0 Å². The first-order chi connectivity index (χ1) is 16.2. The number of aromatic nitrogens is 4. The van der Waals surface area contributed by atoms with Gasteiger partial charge >= 0.3 is 24.2 Å². The van der Waals surface area contributed by atoms with Gasteiger partial charge in [-0.25, -0.2) is 27.2 Å². The molecule has 0 fully saturated rings. The first kappa shape index (κ1) is 27.7. The molecule has 3 rings (SSSR count). The van der Waals surface area contributed by atoms with Crippen LogP contribution in [-0.4, -0.2) is 51.1 Å². The minimum atomic E-state index is -6.75. The summed E-state index contributed by atoms with van der Waals surface area (Å²) in [6, 6.07) is 1.29. The molecule has 0 radical (unpaired) electrons. The molecule has 36 heavy (non-hydrogen) atoms. The minimum Gasteiger partial charge on any atom is -0.327 e. The van der Waals surface area contributed by atoms with Crippen LogP contribution < -0.4 is 0 Å². The smallest absolute Gasteiger partial charge is 0.327 e. The van der Waals surface area contributed by atoms with E-state index < -0.39 is 79.4 Å². The van der Waals surface area contributed by atoms with Crippen LogP contribution in [0.2, 0.25) is 0 Å². The largest absolute Gasteiger partial charge is 0.434 e. The van der Waals surface area contributed by atoms with E-state index in [1.165, 1.54) is 0 Å². The number of fused-ring (bicyclic) bond motifs is 1. The zero-order valence-corrected chi connectivity index (χ0v) is 18.6. The Kier molecular flexibility index (Phi) is 6.38. The van der Waals surface area contributed by atoms with E-state index in [9.17, 15) is 56.7 Å². The lowest BCUT2D eigenvalue weighted by Gasteiger charge is -2.32. The molecule has 1 atom stereocenters. The third-order valence-corrected chi connectivity index (χ3v) is 6.99. The van der Waals surface area contributed by atoms with Crippen molar-refractivity contribution >= 4 is 15.5 Å². The summed E-state index contributed by atoms with van der Waals surface area (Å²) >= 11 is 0. The monoisotopic (exact) mass is 558 g/mol. The van der Waals surface area contributed by atoms with E-state index in [2.05, 4.69) is 9.97 Å². The predicted octanol–water partition coefficient (Wildman–Crippen LogP) is 5.39. The van der Waals surface area contributed by atoms with E-state index in [-0.39, 0.29) is 10.8 Å². The number of hydrogen-bond acceptors (Lipinski definition) is 4. The number of alkyl halides is 11. The third kappa shape index (κ3) is 4.17. The molecule has 0 spiro atoms. The summed E-state index contributed by atoms with van der Waals surface area (Å²) in [4.78, 5) is 7.20. The van der Waals surface area contributed by atoms with Gasteiger partial charge in [0.05, 0.1) is 23.2 Å². The average Bonchev–Trinajstić information content (AvgIpc) is 3.30. The Balaban J connectivity index is 2.31. The van der Waals surface area contributed by atoms with Crippen molar-refractivity contribution in [3.05, 3.63) is 35.8 Å². The number of hydrogen-bond donors (Lipinski definition) is 0. The summed E-state index contributed by atoms with van der Waals surface area (Å²) < 4.78 is 172. The van der Waals surface area contributed by atoms with Crippen LogP contribution in [0.25, 0.3) is 17.2 Å². The van der Waals surface area contributed by atoms with Crippen molar-refractivity contribution in [2.75, 3.05) is 5.75 Å². The Labute approximate surface area is 194 Å². The van der Waals surface area contributed by atoms with Crippen molar-refractivity contribution in [3.63, 3.8) is 0 Å². The van der Waals surface area contributed by atoms with Gasteiger partial charge < -0.3 is 4.57 Å². The lowest BCUT2D eigenvalue weighted by atomic mass is 9.96. The molecule has 0 amide bonds. The molecule has 0 saturated heterocycles. The molecule has 0 aliphatic heterocycles. The van der Waals surface area contributed by atoms with Crippen LogP contribution in [0.4, 0.5) is 48.3 Å². The van der Waals surface area contributed by atoms with Gasteiger partial charge in [-0.05, 0) is 12.1 Å². The summed E-state index contributed by atoms with van der Waals surface area (Å²) in [7, 11) is -3.82. The third-order valence-electron chi connectivity index (χ3n) is 5.25. The van der Waals surface area contributed by atoms with E-state index in [4.69, 9.17) is 0 Å². The van der Waals surface area contributed by atoms with Gasteiger partial charge in [0.25, 0.3) is 0 Å². The fraction of sp³-hybridized carbons (Fsp3) is 0.444.